The van der Waals surface area contributed by atoms with Crippen LogP contribution in [0.3, 0.4) is 0 Å². The van der Waals surface area contributed by atoms with E-state index in [0.29, 0.717) is 5.56 Å². The molecule has 1 aromatic heterocycles. The highest BCUT2D eigenvalue weighted by atomic mass is 16.1. The Morgan fingerprint density at radius 3 is 2.73 bits per heavy atom. The third kappa shape index (κ3) is 3.44. The predicted molar refractivity (Wildman–Crippen MR) is 60.9 cm³/mol. The zero-order valence-corrected chi connectivity index (χ0v) is 9.60. The van der Waals surface area contributed by atoms with Crippen molar-refractivity contribution in [3.63, 3.8) is 0 Å². The number of ketones is 1. The number of Topliss-reactive ketones (excluding diaryl/α,β-unsaturated/α-hetero) is 1. The van der Waals surface area contributed by atoms with Crippen LogP contribution in [0.4, 0.5) is 0 Å². The summed E-state index contributed by atoms with van der Waals surface area (Å²) in [7, 11) is 3.97. The first-order chi connectivity index (χ1) is 7.15. The molecule has 0 fully saturated rings. The molecule has 82 valence electrons. The van der Waals surface area contributed by atoms with Crippen molar-refractivity contribution in [1.29, 1.82) is 0 Å². The lowest BCUT2D eigenvalue weighted by Crippen LogP contribution is -2.27. The lowest BCUT2D eigenvalue weighted by molar-refractivity contribution is 0.0893. The smallest absolute Gasteiger partial charge is 0.168 e. The molecule has 1 aromatic rings. The summed E-state index contributed by atoms with van der Waals surface area (Å²) in [5.41, 5.74) is 0.714. The Balaban J connectivity index is 2.74. The Morgan fingerprint density at radius 2 is 2.27 bits per heavy atom. The van der Waals surface area contributed by atoms with Crippen LogP contribution in [0.5, 0.6) is 0 Å². The highest BCUT2D eigenvalue weighted by Gasteiger charge is 2.18. The van der Waals surface area contributed by atoms with Crippen LogP contribution < -0.4 is 0 Å². The van der Waals surface area contributed by atoms with Crippen molar-refractivity contribution in [2.45, 2.75) is 13.3 Å². The first kappa shape index (κ1) is 11.9. The minimum Gasteiger partial charge on any atom is -0.309 e. The Kier molecular flexibility index (Phi) is 4.43. The Hall–Kier alpha value is -1.22. The normalized spacial score (nSPS) is 12.8. The van der Waals surface area contributed by atoms with E-state index in [2.05, 4.69) is 4.98 Å². The number of rotatable bonds is 5. The fourth-order valence-corrected chi connectivity index (χ4v) is 1.58. The summed E-state index contributed by atoms with van der Waals surface area (Å²) in [5, 5.41) is 0. The molecular weight excluding hydrogens is 188 g/mol. The van der Waals surface area contributed by atoms with Gasteiger partial charge in [-0.1, -0.05) is 6.92 Å². The fraction of sp³-hybridized carbons (Fsp3) is 0.500. The molecule has 0 amide bonds. The van der Waals surface area contributed by atoms with Crippen LogP contribution in [0.2, 0.25) is 0 Å². The van der Waals surface area contributed by atoms with Crippen LogP contribution in [-0.4, -0.2) is 36.3 Å². The van der Waals surface area contributed by atoms with Gasteiger partial charge in [-0.05, 0) is 32.6 Å². The number of hydrogen-bond acceptors (Lipinski definition) is 3. The molecule has 0 aliphatic carbocycles. The van der Waals surface area contributed by atoms with Gasteiger partial charge < -0.3 is 4.90 Å². The molecule has 0 bridgehead atoms. The second-order valence-electron chi connectivity index (χ2n) is 3.97. The molecule has 0 spiro atoms. The molecule has 0 aliphatic rings. The van der Waals surface area contributed by atoms with E-state index in [1.54, 1.807) is 18.5 Å². The monoisotopic (exact) mass is 206 g/mol. The molecule has 3 nitrogen and oxygen atoms in total. The standard InChI is InChI=1S/C12H18N2O/c1-4-10(9-14(2)3)12(15)11-6-5-7-13-8-11/h5-8,10H,4,9H2,1-3H3. The van der Waals surface area contributed by atoms with Gasteiger partial charge in [-0.3, -0.25) is 9.78 Å². The average molecular weight is 206 g/mol. The van der Waals surface area contributed by atoms with Gasteiger partial charge in [-0.15, -0.1) is 0 Å². The van der Waals surface area contributed by atoms with Crippen molar-refractivity contribution >= 4 is 5.78 Å². The summed E-state index contributed by atoms with van der Waals surface area (Å²) in [5.74, 6) is 0.267. The van der Waals surface area contributed by atoms with Gasteiger partial charge in [0.2, 0.25) is 0 Å². The van der Waals surface area contributed by atoms with Gasteiger partial charge in [-0.25, -0.2) is 0 Å². The quantitative estimate of drug-likeness (QED) is 0.689. The molecule has 3 heteroatoms. The predicted octanol–water partition coefficient (Wildman–Crippen LogP) is 1.85. The van der Waals surface area contributed by atoms with E-state index in [4.69, 9.17) is 0 Å². The number of carbonyl (C=O) groups excluding carboxylic acids is 1. The van der Waals surface area contributed by atoms with Crippen molar-refractivity contribution in [2.24, 2.45) is 5.92 Å². The molecule has 0 aliphatic heterocycles. The van der Waals surface area contributed by atoms with Crippen molar-refractivity contribution in [2.75, 3.05) is 20.6 Å². The van der Waals surface area contributed by atoms with Crippen molar-refractivity contribution in [3.8, 4) is 0 Å². The van der Waals surface area contributed by atoms with Gasteiger partial charge in [-0.2, -0.15) is 0 Å². The maximum atomic E-state index is 12.0. The van der Waals surface area contributed by atoms with E-state index in [-0.39, 0.29) is 11.7 Å². The van der Waals surface area contributed by atoms with E-state index in [1.807, 2.05) is 32.0 Å². The van der Waals surface area contributed by atoms with Crippen LogP contribution >= 0.6 is 0 Å². The van der Waals surface area contributed by atoms with E-state index in [9.17, 15) is 4.79 Å². The molecule has 1 atom stereocenters. The summed E-state index contributed by atoms with van der Waals surface area (Å²) in [4.78, 5) is 18.1. The minimum absolute atomic E-state index is 0.0733. The van der Waals surface area contributed by atoms with Gasteiger partial charge in [0.1, 0.15) is 0 Å². The third-order valence-electron chi connectivity index (χ3n) is 2.40. The van der Waals surface area contributed by atoms with E-state index in [1.165, 1.54) is 0 Å². The summed E-state index contributed by atoms with van der Waals surface area (Å²) < 4.78 is 0. The van der Waals surface area contributed by atoms with Crippen LogP contribution in [0, 0.1) is 5.92 Å². The Bertz CT molecular complexity index is 309. The molecule has 1 rings (SSSR count). The lowest BCUT2D eigenvalue weighted by atomic mass is 9.96. The third-order valence-corrected chi connectivity index (χ3v) is 2.40. The second kappa shape index (κ2) is 5.61. The molecule has 0 radical (unpaired) electrons. The first-order valence-corrected chi connectivity index (χ1v) is 5.24. The van der Waals surface area contributed by atoms with Gasteiger partial charge in [0.15, 0.2) is 5.78 Å². The van der Waals surface area contributed by atoms with E-state index in [0.717, 1.165) is 13.0 Å². The summed E-state index contributed by atoms with van der Waals surface area (Å²) >= 11 is 0. The maximum Gasteiger partial charge on any atom is 0.168 e. The average Bonchev–Trinajstić information content (AvgIpc) is 2.26. The molecule has 0 saturated carbocycles. The van der Waals surface area contributed by atoms with Gasteiger partial charge in [0.25, 0.3) is 0 Å². The van der Waals surface area contributed by atoms with Crippen molar-refractivity contribution in [1.82, 2.24) is 9.88 Å². The fourth-order valence-electron chi connectivity index (χ4n) is 1.58. The zero-order valence-electron chi connectivity index (χ0n) is 9.60. The SMILES string of the molecule is CCC(CN(C)C)C(=O)c1cccnc1. The molecule has 0 N–H and O–H groups in total. The highest BCUT2D eigenvalue weighted by molar-refractivity contribution is 5.97. The molecule has 0 aromatic carbocycles. The van der Waals surface area contributed by atoms with Gasteiger partial charge in [0.05, 0.1) is 0 Å². The summed E-state index contributed by atoms with van der Waals surface area (Å²) in [6.07, 6.45) is 4.19. The maximum absolute atomic E-state index is 12.0. The molecule has 15 heavy (non-hydrogen) atoms. The second-order valence-corrected chi connectivity index (χ2v) is 3.97. The summed E-state index contributed by atoms with van der Waals surface area (Å²) in [6, 6.07) is 3.63. The Morgan fingerprint density at radius 1 is 1.53 bits per heavy atom. The summed E-state index contributed by atoms with van der Waals surface area (Å²) in [6.45, 7) is 2.84. The molecular formula is C12H18N2O. The topological polar surface area (TPSA) is 33.2 Å². The highest BCUT2D eigenvalue weighted by Crippen LogP contribution is 2.12. The van der Waals surface area contributed by atoms with Crippen LogP contribution in [0.15, 0.2) is 24.5 Å². The van der Waals surface area contributed by atoms with Gasteiger partial charge >= 0.3 is 0 Å². The Labute approximate surface area is 91.1 Å². The zero-order chi connectivity index (χ0) is 11.3. The minimum atomic E-state index is 0.0733. The first-order valence-electron chi connectivity index (χ1n) is 5.24. The van der Waals surface area contributed by atoms with E-state index >= 15 is 0 Å². The lowest BCUT2D eigenvalue weighted by Gasteiger charge is -2.18. The van der Waals surface area contributed by atoms with E-state index < -0.39 is 0 Å². The number of aromatic nitrogens is 1. The largest absolute Gasteiger partial charge is 0.309 e. The van der Waals surface area contributed by atoms with Crippen LogP contribution in [0.25, 0.3) is 0 Å². The molecule has 1 heterocycles. The molecule has 1 unspecified atom stereocenters. The molecule has 0 saturated heterocycles. The van der Waals surface area contributed by atoms with Crippen molar-refractivity contribution in [3.05, 3.63) is 30.1 Å². The van der Waals surface area contributed by atoms with Gasteiger partial charge in [0, 0.05) is 30.4 Å². The van der Waals surface area contributed by atoms with Crippen LogP contribution in [-0.2, 0) is 0 Å². The number of carbonyl (C=O) groups is 1. The number of hydrogen-bond donors (Lipinski definition) is 0. The van der Waals surface area contributed by atoms with Crippen molar-refractivity contribution < 1.29 is 4.79 Å². The number of pyridine rings is 1. The number of nitrogens with zero attached hydrogens (tertiary/aromatic N) is 2. The van der Waals surface area contributed by atoms with Crippen LogP contribution in [0.1, 0.15) is 23.7 Å².